The molecule has 102 valence electrons. The highest BCUT2D eigenvalue weighted by molar-refractivity contribution is 5.13. The molecule has 0 aliphatic heterocycles. The van der Waals surface area contributed by atoms with Crippen LogP contribution in [0.4, 0.5) is 0 Å². The van der Waals surface area contributed by atoms with Crippen molar-refractivity contribution >= 4 is 0 Å². The lowest BCUT2D eigenvalue weighted by Crippen LogP contribution is -2.26. The monoisotopic (exact) mass is 255 g/mol. The molecule has 0 saturated heterocycles. The third-order valence-electron chi connectivity index (χ3n) is 2.22. The van der Waals surface area contributed by atoms with Crippen LogP contribution in [-0.4, -0.2) is 35.6 Å². The maximum absolute atomic E-state index is 11.7. The Morgan fingerprint density at radius 3 is 2.94 bits per heavy atom. The fraction of sp³-hybridized carbons (Fsp3) is 0.667. The van der Waals surface area contributed by atoms with Crippen molar-refractivity contribution in [3.05, 3.63) is 22.6 Å². The minimum atomic E-state index is -0.173. The molecular formula is C12H21N3O3. The zero-order valence-corrected chi connectivity index (χ0v) is 11.0. The van der Waals surface area contributed by atoms with Crippen molar-refractivity contribution in [2.75, 3.05) is 19.8 Å². The summed E-state index contributed by atoms with van der Waals surface area (Å²) >= 11 is 0. The molecule has 0 aliphatic carbocycles. The fourth-order valence-corrected chi connectivity index (χ4v) is 1.35. The second kappa shape index (κ2) is 7.84. The van der Waals surface area contributed by atoms with Crippen LogP contribution in [0.25, 0.3) is 0 Å². The normalized spacial score (nSPS) is 12.4. The largest absolute Gasteiger partial charge is 0.490 e. The van der Waals surface area contributed by atoms with Crippen molar-refractivity contribution in [1.82, 2.24) is 9.78 Å². The zero-order valence-electron chi connectivity index (χ0n) is 11.0. The molecule has 18 heavy (non-hydrogen) atoms. The van der Waals surface area contributed by atoms with Gasteiger partial charge in [0.1, 0.15) is 12.4 Å². The number of nitrogens with two attached hydrogens (primary N) is 1. The number of aryl methyl sites for hydroxylation is 1. The molecule has 0 aromatic carbocycles. The first-order valence-electron chi connectivity index (χ1n) is 6.16. The summed E-state index contributed by atoms with van der Waals surface area (Å²) in [6.07, 6.45) is 2.30. The quantitative estimate of drug-likeness (QED) is 0.680. The van der Waals surface area contributed by atoms with Gasteiger partial charge < -0.3 is 15.2 Å². The van der Waals surface area contributed by atoms with Gasteiger partial charge in [-0.05, 0) is 20.3 Å². The molecule has 6 nitrogen and oxygen atoms in total. The zero-order chi connectivity index (χ0) is 13.4. The molecule has 0 radical (unpaired) electrons. The first kappa shape index (κ1) is 14.7. The van der Waals surface area contributed by atoms with E-state index < -0.39 is 0 Å². The van der Waals surface area contributed by atoms with Crippen LogP contribution in [0.5, 0.6) is 5.75 Å². The standard InChI is InChI=1S/C12H21N3O3/c1-3-17-6-4-5-15-12(16)7-11(8-14-15)18-9-10(2)13/h7-8,10H,3-6,9,13H2,1-2H3. The Morgan fingerprint density at radius 2 is 2.33 bits per heavy atom. The van der Waals surface area contributed by atoms with Crippen LogP contribution in [0.2, 0.25) is 0 Å². The van der Waals surface area contributed by atoms with E-state index in [0.29, 0.717) is 32.1 Å². The van der Waals surface area contributed by atoms with Crippen molar-refractivity contribution < 1.29 is 9.47 Å². The van der Waals surface area contributed by atoms with Crippen LogP contribution in [0, 0.1) is 0 Å². The molecule has 1 atom stereocenters. The second-order valence-electron chi connectivity index (χ2n) is 4.09. The number of rotatable bonds is 8. The molecule has 6 heteroatoms. The number of hydrogen-bond acceptors (Lipinski definition) is 5. The van der Waals surface area contributed by atoms with Gasteiger partial charge in [-0.1, -0.05) is 0 Å². The highest BCUT2D eigenvalue weighted by Gasteiger charge is 2.02. The maximum Gasteiger partial charge on any atom is 0.270 e. The third-order valence-corrected chi connectivity index (χ3v) is 2.22. The number of ether oxygens (including phenoxy) is 2. The average molecular weight is 255 g/mol. The highest BCUT2D eigenvalue weighted by atomic mass is 16.5. The van der Waals surface area contributed by atoms with Crippen molar-refractivity contribution in [3.63, 3.8) is 0 Å². The molecule has 0 aliphatic rings. The SMILES string of the molecule is CCOCCCn1ncc(OCC(C)N)cc1=O. The second-order valence-corrected chi connectivity index (χ2v) is 4.09. The molecule has 1 aromatic rings. The minimum Gasteiger partial charge on any atom is -0.490 e. The van der Waals surface area contributed by atoms with Crippen LogP contribution in [0.3, 0.4) is 0 Å². The Bertz CT molecular complexity index is 404. The third kappa shape index (κ3) is 5.29. The topological polar surface area (TPSA) is 79.4 Å². The molecule has 1 aromatic heterocycles. The molecule has 0 bridgehead atoms. The van der Waals surface area contributed by atoms with Gasteiger partial charge in [0.15, 0.2) is 0 Å². The summed E-state index contributed by atoms with van der Waals surface area (Å²) in [5.41, 5.74) is 5.39. The Balaban J connectivity index is 2.49. The molecule has 0 fully saturated rings. The van der Waals surface area contributed by atoms with Crippen molar-refractivity contribution in [1.29, 1.82) is 0 Å². The van der Waals surface area contributed by atoms with Gasteiger partial charge >= 0.3 is 0 Å². The number of aromatic nitrogens is 2. The van der Waals surface area contributed by atoms with Crippen molar-refractivity contribution in [3.8, 4) is 5.75 Å². The smallest absolute Gasteiger partial charge is 0.270 e. The van der Waals surface area contributed by atoms with E-state index in [0.717, 1.165) is 6.42 Å². The Hall–Kier alpha value is -1.40. The highest BCUT2D eigenvalue weighted by Crippen LogP contribution is 2.03. The molecular weight excluding hydrogens is 234 g/mol. The van der Waals surface area contributed by atoms with Crippen LogP contribution < -0.4 is 16.0 Å². The molecule has 1 unspecified atom stereocenters. The van der Waals surface area contributed by atoms with Crippen LogP contribution in [-0.2, 0) is 11.3 Å². The van der Waals surface area contributed by atoms with E-state index in [2.05, 4.69) is 5.10 Å². The van der Waals surface area contributed by atoms with Gasteiger partial charge in [0.25, 0.3) is 5.56 Å². The summed E-state index contributed by atoms with van der Waals surface area (Å²) in [7, 11) is 0. The van der Waals surface area contributed by atoms with Gasteiger partial charge in [-0.15, -0.1) is 0 Å². The lowest BCUT2D eigenvalue weighted by atomic mass is 10.4. The van der Waals surface area contributed by atoms with E-state index in [4.69, 9.17) is 15.2 Å². The van der Waals surface area contributed by atoms with E-state index in [1.54, 1.807) is 0 Å². The van der Waals surface area contributed by atoms with Gasteiger partial charge in [0, 0.05) is 31.9 Å². The van der Waals surface area contributed by atoms with Gasteiger partial charge in [-0.2, -0.15) is 5.10 Å². The van der Waals surface area contributed by atoms with E-state index in [-0.39, 0.29) is 11.6 Å². The number of hydrogen-bond donors (Lipinski definition) is 1. The predicted molar refractivity (Wildman–Crippen MR) is 68.8 cm³/mol. The van der Waals surface area contributed by atoms with Crippen LogP contribution >= 0.6 is 0 Å². The fourth-order valence-electron chi connectivity index (χ4n) is 1.35. The molecule has 0 amide bonds. The average Bonchev–Trinajstić information content (AvgIpc) is 2.34. The van der Waals surface area contributed by atoms with Gasteiger partial charge in [-0.3, -0.25) is 4.79 Å². The summed E-state index contributed by atoms with van der Waals surface area (Å²) in [5.74, 6) is 0.457. The Labute approximate surface area is 107 Å². The summed E-state index contributed by atoms with van der Waals surface area (Å²) < 4.78 is 11.9. The Morgan fingerprint density at radius 1 is 1.56 bits per heavy atom. The van der Waals surface area contributed by atoms with E-state index in [9.17, 15) is 4.79 Å². The molecule has 0 spiro atoms. The van der Waals surface area contributed by atoms with Gasteiger partial charge in [-0.25, -0.2) is 4.68 Å². The van der Waals surface area contributed by atoms with E-state index in [1.165, 1.54) is 16.9 Å². The lowest BCUT2D eigenvalue weighted by molar-refractivity contribution is 0.140. The van der Waals surface area contributed by atoms with Gasteiger partial charge in [0.2, 0.25) is 0 Å². The first-order chi connectivity index (χ1) is 8.63. The molecule has 0 saturated carbocycles. The minimum absolute atomic E-state index is 0.0707. The molecule has 1 heterocycles. The summed E-state index contributed by atoms with van der Waals surface area (Å²) in [4.78, 5) is 11.7. The first-order valence-corrected chi connectivity index (χ1v) is 6.16. The van der Waals surface area contributed by atoms with Crippen molar-refractivity contribution in [2.24, 2.45) is 5.73 Å². The van der Waals surface area contributed by atoms with E-state index >= 15 is 0 Å². The maximum atomic E-state index is 11.7. The van der Waals surface area contributed by atoms with E-state index in [1.807, 2.05) is 13.8 Å². The van der Waals surface area contributed by atoms with Crippen LogP contribution in [0.1, 0.15) is 20.3 Å². The lowest BCUT2D eigenvalue weighted by Gasteiger charge is -2.09. The summed E-state index contributed by atoms with van der Waals surface area (Å²) in [6, 6.07) is 1.36. The van der Waals surface area contributed by atoms with Crippen LogP contribution in [0.15, 0.2) is 17.1 Å². The molecule has 2 N–H and O–H groups in total. The summed E-state index contributed by atoms with van der Waals surface area (Å²) in [6.45, 7) is 6.01. The Kier molecular flexibility index (Phi) is 6.38. The summed E-state index contributed by atoms with van der Waals surface area (Å²) in [5, 5.41) is 4.04. The van der Waals surface area contributed by atoms with Crippen molar-refractivity contribution in [2.45, 2.75) is 32.9 Å². The number of nitrogens with zero attached hydrogens (tertiary/aromatic N) is 2. The van der Waals surface area contributed by atoms with Gasteiger partial charge in [0.05, 0.1) is 6.20 Å². The predicted octanol–water partition coefficient (Wildman–Crippen LogP) is 0.396. The molecule has 1 rings (SSSR count).